The van der Waals surface area contributed by atoms with E-state index >= 15 is 0 Å². The highest BCUT2D eigenvalue weighted by Gasteiger charge is 2.37. The molecule has 0 saturated carbocycles. The first-order chi connectivity index (χ1) is 15.2. The summed E-state index contributed by atoms with van der Waals surface area (Å²) in [4.78, 5) is 19.8. The van der Waals surface area contributed by atoms with Crippen LogP contribution in [0.5, 0.6) is 0 Å². The van der Waals surface area contributed by atoms with E-state index in [0.717, 1.165) is 18.9 Å². The summed E-state index contributed by atoms with van der Waals surface area (Å²) in [5, 5.41) is 14.5. The SMILES string of the molecule is O=C(c1ccc(Cl)cc1)N1CCC(NC2CN(c3cccc(C(F)(F)F)n3)CC2O)CC1. The normalized spacial score (nSPS) is 22.4. The minimum absolute atomic E-state index is 0.0391. The van der Waals surface area contributed by atoms with Crippen LogP contribution in [-0.2, 0) is 6.18 Å². The molecule has 0 spiro atoms. The zero-order valence-corrected chi connectivity index (χ0v) is 18.0. The van der Waals surface area contributed by atoms with E-state index < -0.39 is 18.0 Å². The van der Waals surface area contributed by atoms with Crippen molar-refractivity contribution in [1.82, 2.24) is 15.2 Å². The van der Waals surface area contributed by atoms with Crippen molar-refractivity contribution in [3.8, 4) is 0 Å². The fourth-order valence-corrected chi connectivity index (χ4v) is 4.35. The second-order valence-electron chi connectivity index (χ2n) is 8.20. The average molecular weight is 469 g/mol. The van der Waals surface area contributed by atoms with E-state index in [1.54, 1.807) is 34.1 Å². The quantitative estimate of drug-likeness (QED) is 0.721. The standard InChI is InChI=1S/C22H24ClF3N4O2/c23-15-6-4-14(5-7-15)21(32)29-10-8-16(9-11-29)27-17-12-30(13-18(17)31)20-3-1-2-19(28-20)22(24,25)26/h1-7,16-18,27,31H,8-13H2. The second kappa shape index (κ2) is 9.25. The van der Waals surface area contributed by atoms with Gasteiger partial charge in [-0.25, -0.2) is 4.98 Å². The minimum Gasteiger partial charge on any atom is -0.390 e. The highest BCUT2D eigenvalue weighted by atomic mass is 35.5. The Balaban J connectivity index is 1.31. The van der Waals surface area contributed by atoms with Gasteiger partial charge in [0.1, 0.15) is 11.5 Å². The number of benzene rings is 1. The Morgan fingerprint density at radius 3 is 2.44 bits per heavy atom. The van der Waals surface area contributed by atoms with Crippen molar-refractivity contribution < 1.29 is 23.1 Å². The number of rotatable bonds is 4. The number of amides is 1. The van der Waals surface area contributed by atoms with Gasteiger partial charge in [0.2, 0.25) is 0 Å². The number of aromatic nitrogens is 1. The van der Waals surface area contributed by atoms with Gasteiger partial charge < -0.3 is 20.2 Å². The third-order valence-electron chi connectivity index (χ3n) is 5.96. The van der Waals surface area contributed by atoms with E-state index in [2.05, 4.69) is 10.3 Å². The molecule has 2 saturated heterocycles. The molecule has 2 fully saturated rings. The van der Waals surface area contributed by atoms with Crippen molar-refractivity contribution in [2.75, 3.05) is 31.1 Å². The number of alkyl halides is 3. The third-order valence-corrected chi connectivity index (χ3v) is 6.21. The van der Waals surface area contributed by atoms with E-state index in [1.807, 2.05) is 0 Å². The van der Waals surface area contributed by atoms with Gasteiger partial charge in [-0.3, -0.25) is 4.79 Å². The number of β-amino-alcohol motifs (C(OH)–C–C–N with tert-alkyl or cyclic N) is 1. The van der Waals surface area contributed by atoms with Crippen LogP contribution in [0.2, 0.25) is 5.02 Å². The molecule has 4 rings (SSSR count). The van der Waals surface area contributed by atoms with Crippen molar-refractivity contribution in [2.45, 2.75) is 37.2 Å². The van der Waals surface area contributed by atoms with Crippen LogP contribution in [0.1, 0.15) is 28.9 Å². The number of hydrogen-bond acceptors (Lipinski definition) is 5. The topological polar surface area (TPSA) is 68.7 Å². The summed E-state index contributed by atoms with van der Waals surface area (Å²) in [7, 11) is 0. The number of pyridine rings is 1. The molecule has 1 aromatic heterocycles. The summed E-state index contributed by atoms with van der Waals surface area (Å²) >= 11 is 5.88. The Morgan fingerprint density at radius 2 is 1.78 bits per heavy atom. The number of likely N-dealkylation sites (tertiary alicyclic amines) is 1. The fourth-order valence-electron chi connectivity index (χ4n) is 4.22. The number of nitrogens with one attached hydrogen (secondary N) is 1. The summed E-state index contributed by atoms with van der Waals surface area (Å²) < 4.78 is 38.9. The number of carbonyl (C=O) groups is 1. The van der Waals surface area contributed by atoms with Gasteiger partial charge in [0.05, 0.1) is 12.1 Å². The lowest BCUT2D eigenvalue weighted by Gasteiger charge is -2.34. The van der Waals surface area contributed by atoms with Gasteiger partial charge in [0.25, 0.3) is 5.91 Å². The lowest BCUT2D eigenvalue weighted by molar-refractivity contribution is -0.141. The number of anilines is 1. The maximum atomic E-state index is 13.0. The first-order valence-electron chi connectivity index (χ1n) is 10.5. The number of halogens is 4. The number of nitrogens with zero attached hydrogens (tertiary/aromatic N) is 3. The van der Waals surface area contributed by atoms with Crippen molar-refractivity contribution in [3.05, 3.63) is 58.7 Å². The molecule has 1 amide bonds. The Morgan fingerprint density at radius 1 is 1.09 bits per heavy atom. The van der Waals surface area contributed by atoms with E-state index in [-0.39, 0.29) is 30.4 Å². The van der Waals surface area contributed by atoms with E-state index in [9.17, 15) is 23.1 Å². The highest BCUT2D eigenvalue weighted by Crippen LogP contribution is 2.30. The van der Waals surface area contributed by atoms with E-state index in [1.165, 1.54) is 12.1 Å². The Kier molecular flexibility index (Phi) is 6.60. The predicted molar refractivity (Wildman–Crippen MR) is 115 cm³/mol. The lowest BCUT2D eigenvalue weighted by Crippen LogP contribution is -2.50. The molecule has 2 aliphatic rings. The van der Waals surface area contributed by atoms with Gasteiger partial charge in [0, 0.05) is 42.8 Å². The Bertz CT molecular complexity index is 949. The number of carbonyl (C=O) groups excluding carboxylic acids is 1. The molecule has 172 valence electrons. The van der Waals surface area contributed by atoms with Crippen molar-refractivity contribution in [2.24, 2.45) is 0 Å². The molecule has 1 aromatic carbocycles. The molecule has 2 aromatic rings. The number of aliphatic hydroxyl groups is 1. The van der Waals surface area contributed by atoms with Crippen LogP contribution in [0.4, 0.5) is 19.0 Å². The number of piperidine rings is 1. The Labute approximate surface area is 189 Å². The van der Waals surface area contributed by atoms with Crippen LogP contribution in [0, 0.1) is 0 Å². The molecule has 3 heterocycles. The molecule has 2 aliphatic heterocycles. The summed E-state index contributed by atoms with van der Waals surface area (Å²) in [6.45, 7) is 1.74. The van der Waals surface area contributed by atoms with Crippen LogP contribution in [0.3, 0.4) is 0 Å². The first kappa shape index (κ1) is 22.8. The fraction of sp³-hybridized carbons (Fsp3) is 0.455. The van der Waals surface area contributed by atoms with Gasteiger partial charge in [-0.15, -0.1) is 0 Å². The zero-order valence-electron chi connectivity index (χ0n) is 17.2. The molecule has 2 atom stereocenters. The lowest BCUT2D eigenvalue weighted by atomic mass is 10.0. The second-order valence-corrected chi connectivity index (χ2v) is 8.63. The van der Waals surface area contributed by atoms with E-state index in [0.29, 0.717) is 30.2 Å². The summed E-state index contributed by atoms with van der Waals surface area (Å²) in [6.07, 6.45) is -3.78. The number of hydrogen-bond donors (Lipinski definition) is 2. The maximum Gasteiger partial charge on any atom is 0.433 e. The van der Waals surface area contributed by atoms with Crippen LogP contribution < -0.4 is 10.2 Å². The van der Waals surface area contributed by atoms with Crippen LogP contribution in [0.15, 0.2) is 42.5 Å². The summed E-state index contributed by atoms with van der Waals surface area (Å²) in [5.74, 6) is 0.161. The van der Waals surface area contributed by atoms with Crippen LogP contribution in [0.25, 0.3) is 0 Å². The van der Waals surface area contributed by atoms with Gasteiger partial charge in [-0.2, -0.15) is 13.2 Å². The molecular weight excluding hydrogens is 445 g/mol. The van der Waals surface area contributed by atoms with Crippen molar-refractivity contribution in [1.29, 1.82) is 0 Å². The van der Waals surface area contributed by atoms with Gasteiger partial charge in [0.15, 0.2) is 0 Å². The largest absolute Gasteiger partial charge is 0.433 e. The van der Waals surface area contributed by atoms with Crippen LogP contribution >= 0.6 is 11.6 Å². The summed E-state index contributed by atoms with van der Waals surface area (Å²) in [6, 6.07) is 10.4. The van der Waals surface area contributed by atoms with Gasteiger partial charge in [-0.1, -0.05) is 17.7 Å². The van der Waals surface area contributed by atoms with Crippen molar-refractivity contribution in [3.63, 3.8) is 0 Å². The summed E-state index contributed by atoms with van der Waals surface area (Å²) in [5.41, 5.74) is -0.352. The van der Waals surface area contributed by atoms with Gasteiger partial charge in [-0.05, 0) is 49.2 Å². The molecule has 0 radical (unpaired) electrons. The number of aliphatic hydroxyl groups excluding tert-OH is 1. The highest BCUT2D eigenvalue weighted by molar-refractivity contribution is 6.30. The smallest absolute Gasteiger partial charge is 0.390 e. The van der Waals surface area contributed by atoms with Crippen molar-refractivity contribution >= 4 is 23.3 Å². The molecule has 32 heavy (non-hydrogen) atoms. The Hall–Kier alpha value is -2.36. The van der Waals surface area contributed by atoms with E-state index in [4.69, 9.17) is 11.6 Å². The molecule has 0 bridgehead atoms. The maximum absolute atomic E-state index is 13.0. The molecule has 0 aliphatic carbocycles. The first-order valence-corrected chi connectivity index (χ1v) is 10.9. The molecular formula is C22H24ClF3N4O2. The monoisotopic (exact) mass is 468 g/mol. The van der Waals surface area contributed by atoms with Gasteiger partial charge >= 0.3 is 6.18 Å². The minimum atomic E-state index is -4.51. The molecule has 2 N–H and O–H groups in total. The molecule has 6 nitrogen and oxygen atoms in total. The average Bonchev–Trinajstić information content (AvgIpc) is 3.14. The third kappa shape index (κ3) is 5.16. The zero-order chi connectivity index (χ0) is 22.9. The predicted octanol–water partition coefficient (Wildman–Crippen LogP) is 3.20. The van der Waals surface area contributed by atoms with Crippen LogP contribution in [-0.4, -0.2) is 65.3 Å². The molecule has 10 heteroatoms. The molecule has 2 unspecified atom stereocenters.